The lowest BCUT2D eigenvalue weighted by Crippen LogP contribution is -2.45. The highest BCUT2D eigenvalue weighted by Crippen LogP contribution is 2.35. The topological polar surface area (TPSA) is 52.6 Å². The summed E-state index contributed by atoms with van der Waals surface area (Å²) in [6.07, 6.45) is -0.817. The third-order valence-electron chi connectivity index (χ3n) is 4.43. The van der Waals surface area contributed by atoms with E-state index in [0.29, 0.717) is 6.42 Å². The number of unbranched alkanes of at least 4 members (excludes halogenated alkanes) is 8. The van der Waals surface area contributed by atoms with E-state index in [1.54, 1.807) is 0 Å². The number of ether oxygens (including phenoxy) is 2. The van der Waals surface area contributed by atoms with E-state index in [0.717, 1.165) is 12.8 Å². The normalized spacial score (nSPS) is 12.6. The first kappa shape index (κ1) is 30.1. The van der Waals surface area contributed by atoms with Crippen LogP contribution >= 0.6 is 0 Å². The van der Waals surface area contributed by atoms with E-state index >= 15 is 0 Å². The molecular formula is C22H32F6O4. The minimum Gasteiger partial charge on any atom is -0.459 e. The fourth-order valence-corrected chi connectivity index (χ4v) is 2.61. The molecule has 186 valence electrons. The van der Waals surface area contributed by atoms with Crippen molar-refractivity contribution in [3.05, 3.63) is 0 Å². The standard InChI is InChI=1S/C22H32F6O4/c1-2-3-4-5-6-7-8-9-10-11-12-16-31-18(29)14-13-15-19(30)32-17-21(24,25)20(23)22(26,27)28/h20H,2-10,13-17H2,1H3. The summed E-state index contributed by atoms with van der Waals surface area (Å²) in [7, 11) is 0. The van der Waals surface area contributed by atoms with Gasteiger partial charge in [0.1, 0.15) is 0 Å². The summed E-state index contributed by atoms with van der Waals surface area (Å²) in [6.45, 7) is 0.0322. The van der Waals surface area contributed by atoms with Crippen LogP contribution in [0.15, 0.2) is 0 Å². The zero-order valence-corrected chi connectivity index (χ0v) is 18.4. The van der Waals surface area contributed by atoms with Crippen molar-refractivity contribution in [3.8, 4) is 11.8 Å². The highest BCUT2D eigenvalue weighted by Gasteiger charge is 2.57. The van der Waals surface area contributed by atoms with Crippen LogP contribution in [0.25, 0.3) is 0 Å². The first-order chi connectivity index (χ1) is 15.0. The fraction of sp³-hybridized carbons (Fsp3) is 0.818. The minimum absolute atomic E-state index is 0.109. The fourth-order valence-electron chi connectivity index (χ4n) is 2.61. The molecule has 32 heavy (non-hydrogen) atoms. The van der Waals surface area contributed by atoms with Crippen LogP contribution in [0.3, 0.4) is 0 Å². The van der Waals surface area contributed by atoms with E-state index in [4.69, 9.17) is 4.74 Å². The van der Waals surface area contributed by atoms with Gasteiger partial charge in [-0.05, 0) is 12.8 Å². The molecule has 0 radical (unpaired) electrons. The summed E-state index contributed by atoms with van der Waals surface area (Å²) in [5.74, 6) is -1.22. The van der Waals surface area contributed by atoms with Gasteiger partial charge in [0.2, 0.25) is 0 Å². The number of carbonyl (C=O) groups excluding carboxylic acids is 2. The first-order valence-corrected chi connectivity index (χ1v) is 10.9. The Morgan fingerprint density at radius 1 is 0.781 bits per heavy atom. The van der Waals surface area contributed by atoms with Crippen LogP contribution in [0.1, 0.15) is 84.0 Å². The highest BCUT2D eigenvalue weighted by molar-refractivity contribution is 5.72. The lowest BCUT2D eigenvalue weighted by molar-refractivity contribution is -0.254. The number of hydrogen-bond donors (Lipinski definition) is 0. The molecule has 0 amide bonds. The summed E-state index contributed by atoms with van der Waals surface area (Å²) >= 11 is 0. The molecule has 0 bridgehead atoms. The molecule has 0 fully saturated rings. The van der Waals surface area contributed by atoms with Crippen molar-refractivity contribution in [3.63, 3.8) is 0 Å². The average Bonchev–Trinajstić information content (AvgIpc) is 2.72. The van der Waals surface area contributed by atoms with Crippen LogP contribution in [0.5, 0.6) is 0 Å². The Balaban J connectivity index is 3.78. The van der Waals surface area contributed by atoms with Gasteiger partial charge in [-0.2, -0.15) is 22.0 Å². The van der Waals surface area contributed by atoms with Crippen molar-refractivity contribution in [2.75, 3.05) is 13.2 Å². The predicted molar refractivity (Wildman–Crippen MR) is 107 cm³/mol. The number of carbonyl (C=O) groups is 2. The third-order valence-corrected chi connectivity index (χ3v) is 4.43. The van der Waals surface area contributed by atoms with Crippen molar-refractivity contribution >= 4 is 11.9 Å². The molecule has 0 rings (SSSR count). The van der Waals surface area contributed by atoms with Crippen molar-refractivity contribution in [1.82, 2.24) is 0 Å². The van der Waals surface area contributed by atoms with E-state index < -0.39 is 43.2 Å². The molecule has 4 nitrogen and oxygen atoms in total. The van der Waals surface area contributed by atoms with Crippen molar-refractivity contribution in [2.24, 2.45) is 0 Å². The second-order valence-electron chi connectivity index (χ2n) is 7.42. The Hall–Kier alpha value is -1.92. The van der Waals surface area contributed by atoms with Gasteiger partial charge in [-0.1, -0.05) is 63.7 Å². The molecule has 0 aliphatic heterocycles. The van der Waals surface area contributed by atoms with Crippen molar-refractivity contribution in [1.29, 1.82) is 0 Å². The van der Waals surface area contributed by atoms with Crippen LogP contribution in [-0.4, -0.2) is 43.4 Å². The molecule has 0 heterocycles. The molecule has 0 aliphatic carbocycles. The summed E-state index contributed by atoms with van der Waals surface area (Å²) in [6, 6.07) is 0. The number of esters is 2. The lowest BCUT2D eigenvalue weighted by atomic mass is 10.1. The molecule has 1 atom stereocenters. The summed E-state index contributed by atoms with van der Waals surface area (Å²) in [4.78, 5) is 22.8. The second-order valence-corrected chi connectivity index (χ2v) is 7.42. The summed E-state index contributed by atoms with van der Waals surface area (Å²) < 4.78 is 83.4. The largest absolute Gasteiger partial charge is 0.459 e. The zero-order chi connectivity index (χ0) is 24.5. The average molecular weight is 474 g/mol. The van der Waals surface area contributed by atoms with Gasteiger partial charge in [0.25, 0.3) is 6.17 Å². The summed E-state index contributed by atoms with van der Waals surface area (Å²) in [5, 5.41) is 0. The first-order valence-electron chi connectivity index (χ1n) is 10.9. The van der Waals surface area contributed by atoms with E-state index in [2.05, 4.69) is 23.5 Å². The molecule has 0 N–H and O–H groups in total. The molecule has 0 spiro atoms. The molecule has 0 aromatic heterocycles. The van der Waals surface area contributed by atoms with E-state index in [9.17, 15) is 35.9 Å². The number of alkyl halides is 6. The maximum atomic E-state index is 13.0. The molecule has 0 saturated heterocycles. The predicted octanol–water partition coefficient (Wildman–Crippen LogP) is 6.31. The van der Waals surface area contributed by atoms with Crippen LogP contribution in [0.2, 0.25) is 0 Å². The van der Waals surface area contributed by atoms with Gasteiger partial charge in [0, 0.05) is 19.3 Å². The van der Waals surface area contributed by atoms with Gasteiger partial charge in [-0.15, -0.1) is 0 Å². The van der Waals surface area contributed by atoms with Gasteiger partial charge < -0.3 is 9.47 Å². The minimum atomic E-state index is -5.77. The van der Waals surface area contributed by atoms with E-state index in [1.165, 1.54) is 38.5 Å². The Morgan fingerprint density at radius 2 is 1.31 bits per heavy atom. The van der Waals surface area contributed by atoms with Crippen LogP contribution in [0.4, 0.5) is 26.3 Å². The molecule has 10 heteroatoms. The molecule has 0 aromatic carbocycles. The Morgan fingerprint density at radius 3 is 1.88 bits per heavy atom. The number of rotatable bonds is 16. The van der Waals surface area contributed by atoms with Gasteiger partial charge in [-0.25, -0.2) is 4.39 Å². The van der Waals surface area contributed by atoms with Gasteiger partial charge in [0.15, 0.2) is 13.2 Å². The van der Waals surface area contributed by atoms with Gasteiger partial charge in [-0.3, -0.25) is 9.59 Å². The second kappa shape index (κ2) is 16.7. The van der Waals surface area contributed by atoms with Crippen LogP contribution in [0, 0.1) is 11.8 Å². The summed E-state index contributed by atoms with van der Waals surface area (Å²) in [5.41, 5.74) is 0. The Kier molecular flexibility index (Phi) is 15.7. The number of hydrogen-bond acceptors (Lipinski definition) is 4. The smallest absolute Gasteiger partial charge is 0.425 e. The van der Waals surface area contributed by atoms with Crippen molar-refractivity contribution < 1.29 is 45.4 Å². The molecule has 0 aliphatic rings. The third kappa shape index (κ3) is 15.8. The lowest BCUT2D eigenvalue weighted by Gasteiger charge is -2.22. The number of halogens is 6. The van der Waals surface area contributed by atoms with E-state index in [1.807, 2.05) is 0 Å². The SMILES string of the molecule is CCCCCCCCCCC#CCOC(=O)CCCC(=O)OCC(F)(F)C(F)C(F)(F)F. The van der Waals surface area contributed by atoms with E-state index in [-0.39, 0.29) is 19.4 Å². The quantitative estimate of drug-likeness (QED) is 0.114. The van der Waals surface area contributed by atoms with Crippen LogP contribution < -0.4 is 0 Å². The van der Waals surface area contributed by atoms with Crippen molar-refractivity contribution in [2.45, 2.75) is 102 Å². The monoisotopic (exact) mass is 474 g/mol. The Bertz CT molecular complexity index is 595. The molecule has 0 aromatic rings. The van der Waals surface area contributed by atoms with Gasteiger partial charge in [0.05, 0.1) is 0 Å². The molecule has 1 unspecified atom stereocenters. The molecule has 0 saturated carbocycles. The maximum Gasteiger partial charge on any atom is 0.425 e. The maximum absolute atomic E-state index is 13.0. The van der Waals surface area contributed by atoms with Crippen LogP contribution in [-0.2, 0) is 19.1 Å². The Labute approximate surface area is 185 Å². The van der Waals surface area contributed by atoms with Gasteiger partial charge >= 0.3 is 24.0 Å². The highest BCUT2D eigenvalue weighted by atomic mass is 19.4. The molecular weight excluding hydrogens is 442 g/mol. The zero-order valence-electron chi connectivity index (χ0n) is 18.4.